The molecule has 0 saturated carbocycles. The van der Waals surface area contributed by atoms with E-state index in [-0.39, 0.29) is 6.29 Å². The highest BCUT2D eigenvalue weighted by Crippen LogP contribution is 2.15. The van der Waals surface area contributed by atoms with Crippen LogP contribution < -0.4 is 0 Å². The summed E-state index contributed by atoms with van der Waals surface area (Å²) in [4.78, 5) is 0. The Morgan fingerprint density at radius 3 is 1.71 bits per heavy atom. The average Bonchev–Trinajstić information content (AvgIpc) is 2.18. The van der Waals surface area contributed by atoms with E-state index in [4.69, 9.17) is 9.47 Å². The largest absolute Gasteiger partial charge is 0.352 e. The number of hydrogen-bond acceptors (Lipinski definition) is 2. The molecule has 0 aromatic heterocycles. The molecular weight excluding hydrogens is 176 g/mol. The maximum Gasteiger partial charge on any atom is 0.160 e. The van der Waals surface area contributed by atoms with E-state index < -0.39 is 0 Å². The molecule has 0 aromatic carbocycles. The van der Waals surface area contributed by atoms with Gasteiger partial charge in [-0.1, -0.05) is 34.1 Å². The molecule has 0 heterocycles. The van der Waals surface area contributed by atoms with Crippen molar-refractivity contribution in [2.45, 2.75) is 59.7 Å². The molecule has 0 bridgehead atoms. The van der Waals surface area contributed by atoms with Crippen LogP contribution in [0.3, 0.4) is 0 Å². The molecule has 14 heavy (non-hydrogen) atoms. The first-order chi connectivity index (χ1) is 6.76. The van der Waals surface area contributed by atoms with E-state index in [9.17, 15) is 0 Å². The molecule has 2 heteroatoms. The minimum absolute atomic E-state index is 0.00912. The Balaban J connectivity index is 3.81. The Bertz CT molecular complexity index is 107. The van der Waals surface area contributed by atoms with Crippen molar-refractivity contribution in [1.82, 2.24) is 0 Å². The fraction of sp³-hybridized carbons (Fsp3) is 1.00. The molecule has 0 aliphatic rings. The lowest BCUT2D eigenvalue weighted by molar-refractivity contribution is -0.170. The van der Waals surface area contributed by atoms with Crippen molar-refractivity contribution in [2.24, 2.45) is 5.92 Å². The molecule has 0 spiro atoms. The zero-order chi connectivity index (χ0) is 10.8. The Labute approximate surface area is 89.0 Å². The van der Waals surface area contributed by atoms with Crippen LogP contribution in [0.4, 0.5) is 0 Å². The standard InChI is InChI=1S/C12H26O2/c1-5-8-11(4)12(13-9-6-2)14-10-7-3/h11-12H,5-10H2,1-4H3. The highest BCUT2D eigenvalue weighted by atomic mass is 16.7. The van der Waals surface area contributed by atoms with Crippen molar-refractivity contribution in [2.75, 3.05) is 13.2 Å². The lowest BCUT2D eigenvalue weighted by Crippen LogP contribution is -2.26. The maximum absolute atomic E-state index is 5.69. The van der Waals surface area contributed by atoms with Gasteiger partial charge in [0, 0.05) is 19.1 Å². The number of hydrogen-bond donors (Lipinski definition) is 0. The summed E-state index contributed by atoms with van der Waals surface area (Å²) in [7, 11) is 0. The van der Waals surface area contributed by atoms with Gasteiger partial charge < -0.3 is 9.47 Å². The van der Waals surface area contributed by atoms with Gasteiger partial charge in [0.25, 0.3) is 0 Å². The van der Waals surface area contributed by atoms with Crippen LogP contribution in [0, 0.1) is 5.92 Å². The molecule has 0 aliphatic heterocycles. The van der Waals surface area contributed by atoms with Gasteiger partial charge in [-0.3, -0.25) is 0 Å². The Hall–Kier alpha value is -0.0800. The first kappa shape index (κ1) is 13.9. The second kappa shape index (κ2) is 9.47. The van der Waals surface area contributed by atoms with Crippen LogP contribution in [-0.2, 0) is 9.47 Å². The summed E-state index contributed by atoms with van der Waals surface area (Å²) in [5.74, 6) is 0.512. The van der Waals surface area contributed by atoms with Gasteiger partial charge in [0.05, 0.1) is 0 Å². The van der Waals surface area contributed by atoms with Crippen LogP contribution in [0.15, 0.2) is 0 Å². The summed E-state index contributed by atoms with van der Waals surface area (Å²) >= 11 is 0. The number of rotatable bonds is 9. The molecule has 1 atom stereocenters. The van der Waals surface area contributed by atoms with Crippen molar-refractivity contribution in [3.63, 3.8) is 0 Å². The van der Waals surface area contributed by atoms with Crippen molar-refractivity contribution < 1.29 is 9.47 Å². The van der Waals surface area contributed by atoms with Crippen LogP contribution in [0.5, 0.6) is 0 Å². The van der Waals surface area contributed by atoms with Crippen LogP contribution >= 0.6 is 0 Å². The second-order valence-electron chi connectivity index (χ2n) is 3.88. The monoisotopic (exact) mass is 202 g/mol. The Morgan fingerprint density at radius 2 is 1.36 bits per heavy atom. The quantitative estimate of drug-likeness (QED) is 0.532. The molecule has 2 nitrogen and oxygen atoms in total. The van der Waals surface area contributed by atoms with Gasteiger partial charge in [-0.15, -0.1) is 0 Å². The average molecular weight is 202 g/mol. The van der Waals surface area contributed by atoms with E-state index in [0.717, 1.165) is 26.1 Å². The van der Waals surface area contributed by atoms with Gasteiger partial charge in [-0.05, 0) is 19.3 Å². The van der Waals surface area contributed by atoms with Crippen LogP contribution in [0.25, 0.3) is 0 Å². The summed E-state index contributed by atoms with van der Waals surface area (Å²) < 4.78 is 11.4. The summed E-state index contributed by atoms with van der Waals surface area (Å²) in [5, 5.41) is 0. The van der Waals surface area contributed by atoms with E-state index in [1.165, 1.54) is 12.8 Å². The van der Waals surface area contributed by atoms with Gasteiger partial charge >= 0.3 is 0 Å². The molecule has 0 aromatic rings. The van der Waals surface area contributed by atoms with Crippen molar-refractivity contribution >= 4 is 0 Å². The predicted molar refractivity (Wildman–Crippen MR) is 60.3 cm³/mol. The molecule has 0 aliphatic carbocycles. The fourth-order valence-corrected chi connectivity index (χ4v) is 1.44. The molecule has 0 rings (SSSR count). The van der Waals surface area contributed by atoms with E-state index in [0.29, 0.717) is 5.92 Å². The molecule has 0 amide bonds. The Kier molecular flexibility index (Phi) is 9.42. The summed E-state index contributed by atoms with van der Waals surface area (Å²) in [6, 6.07) is 0. The third kappa shape index (κ3) is 6.39. The van der Waals surface area contributed by atoms with E-state index in [1.807, 2.05) is 0 Å². The zero-order valence-corrected chi connectivity index (χ0v) is 10.2. The highest BCUT2D eigenvalue weighted by molar-refractivity contribution is 4.57. The fourth-order valence-electron chi connectivity index (χ4n) is 1.44. The van der Waals surface area contributed by atoms with Crippen molar-refractivity contribution in [3.05, 3.63) is 0 Å². The third-order valence-electron chi connectivity index (χ3n) is 2.18. The van der Waals surface area contributed by atoms with Gasteiger partial charge in [-0.2, -0.15) is 0 Å². The minimum atomic E-state index is 0.00912. The van der Waals surface area contributed by atoms with Crippen LogP contribution in [0.1, 0.15) is 53.4 Å². The van der Waals surface area contributed by atoms with Crippen molar-refractivity contribution in [3.8, 4) is 0 Å². The molecule has 0 radical (unpaired) electrons. The molecule has 1 unspecified atom stereocenters. The molecular formula is C12H26O2. The van der Waals surface area contributed by atoms with Gasteiger partial charge in [-0.25, -0.2) is 0 Å². The highest BCUT2D eigenvalue weighted by Gasteiger charge is 2.16. The zero-order valence-electron chi connectivity index (χ0n) is 10.2. The first-order valence-corrected chi connectivity index (χ1v) is 5.99. The van der Waals surface area contributed by atoms with Crippen molar-refractivity contribution in [1.29, 1.82) is 0 Å². The Morgan fingerprint density at radius 1 is 0.857 bits per heavy atom. The van der Waals surface area contributed by atoms with E-state index in [2.05, 4.69) is 27.7 Å². The summed E-state index contributed by atoms with van der Waals surface area (Å²) in [5.41, 5.74) is 0. The van der Waals surface area contributed by atoms with Crippen LogP contribution in [0.2, 0.25) is 0 Å². The molecule has 86 valence electrons. The third-order valence-corrected chi connectivity index (χ3v) is 2.18. The summed E-state index contributed by atoms with van der Waals surface area (Å²) in [6.45, 7) is 10.3. The smallest absolute Gasteiger partial charge is 0.160 e. The normalized spacial score (nSPS) is 13.5. The van der Waals surface area contributed by atoms with E-state index in [1.54, 1.807) is 0 Å². The predicted octanol–water partition coefficient (Wildman–Crippen LogP) is 3.60. The molecule has 0 N–H and O–H groups in total. The maximum atomic E-state index is 5.69. The number of ether oxygens (including phenoxy) is 2. The van der Waals surface area contributed by atoms with E-state index >= 15 is 0 Å². The molecule has 0 saturated heterocycles. The lowest BCUT2D eigenvalue weighted by Gasteiger charge is -2.24. The topological polar surface area (TPSA) is 18.5 Å². The van der Waals surface area contributed by atoms with Crippen LogP contribution in [-0.4, -0.2) is 19.5 Å². The van der Waals surface area contributed by atoms with Gasteiger partial charge in [0.2, 0.25) is 0 Å². The SMILES string of the molecule is CCCOC(OCCC)C(C)CCC. The second-order valence-corrected chi connectivity index (χ2v) is 3.88. The van der Waals surface area contributed by atoms with Gasteiger partial charge in [0.1, 0.15) is 0 Å². The minimum Gasteiger partial charge on any atom is -0.352 e. The molecule has 0 fully saturated rings. The first-order valence-electron chi connectivity index (χ1n) is 5.99. The summed E-state index contributed by atoms with van der Waals surface area (Å²) in [6.07, 6.45) is 4.51. The lowest BCUT2D eigenvalue weighted by atomic mass is 10.1. The van der Waals surface area contributed by atoms with Gasteiger partial charge in [0.15, 0.2) is 6.29 Å².